The fourth-order valence-corrected chi connectivity index (χ4v) is 5.36. The van der Waals surface area contributed by atoms with Gasteiger partial charge in [-0.1, -0.05) is 39.3 Å². The molecule has 20 heavy (non-hydrogen) atoms. The van der Waals surface area contributed by atoms with Gasteiger partial charge in [-0.15, -0.1) is 0 Å². The van der Waals surface area contributed by atoms with Crippen molar-refractivity contribution in [1.82, 2.24) is 0 Å². The Hall–Kier alpha value is -0.630. The van der Waals surface area contributed by atoms with Crippen LogP contribution in [-0.2, 0) is 4.79 Å². The fourth-order valence-electron chi connectivity index (χ4n) is 5.36. The number of aliphatic hydroxyl groups is 1. The Bertz CT molecular complexity index is 410. The minimum Gasteiger partial charge on any atom is -0.392 e. The van der Waals surface area contributed by atoms with E-state index in [0.717, 1.165) is 18.4 Å². The molecule has 2 aliphatic rings. The first-order chi connectivity index (χ1) is 9.18. The summed E-state index contributed by atoms with van der Waals surface area (Å²) < 4.78 is 0. The number of fused-ring (bicyclic) bond motifs is 1. The maximum absolute atomic E-state index is 11.4. The lowest BCUT2D eigenvalue weighted by Crippen LogP contribution is -2.55. The zero-order valence-electron chi connectivity index (χ0n) is 13.5. The maximum Gasteiger partial charge on any atom is 0.129 e. The fraction of sp³-hybridized carbons (Fsp3) is 0.833. The number of hydrogen-bond acceptors (Lipinski definition) is 2. The van der Waals surface area contributed by atoms with Crippen molar-refractivity contribution >= 4 is 5.78 Å². The van der Waals surface area contributed by atoms with Gasteiger partial charge in [0.05, 0.1) is 6.10 Å². The Morgan fingerprint density at radius 3 is 2.60 bits per heavy atom. The van der Waals surface area contributed by atoms with E-state index in [1.54, 1.807) is 6.92 Å². The number of carbonyl (C=O) groups excluding carboxylic acids is 1. The molecule has 0 spiro atoms. The Labute approximate surface area is 123 Å². The Kier molecular flexibility index (Phi) is 4.17. The topological polar surface area (TPSA) is 37.3 Å². The first-order valence-corrected chi connectivity index (χ1v) is 8.03. The summed E-state index contributed by atoms with van der Waals surface area (Å²) in [7, 11) is 0. The standard InChI is InChI=1S/C18H30O2/c1-12-11-15(20)16-17(3,4)9-6-10-18(16,5)14(12)8-7-13(2)19/h14-16,20H,1,6-11H2,2-5H3/t14-,15-,16+,18+/m0/s1. The summed E-state index contributed by atoms with van der Waals surface area (Å²) in [6, 6.07) is 0. The van der Waals surface area contributed by atoms with E-state index in [4.69, 9.17) is 0 Å². The van der Waals surface area contributed by atoms with Crippen LogP contribution in [0.15, 0.2) is 12.2 Å². The van der Waals surface area contributed by atoms with Gasteiger partial charge in [0.1, 0.15) is 5.78 Å². The van der Waals surface area contributed by atoms with Crippen molar-refractivity contribution in [3.63, 3.8) is 0 Å². The molecule has 2 heteroatoms. The smallest absolute Gasteiger partial charge is 0.129 e. The van der Waals surface area contributed by atoms with Crippen molar-refractivity contribution in [2.75, 3.05) is 0 Å². The van der Waals surface area contributed by atoms with Crippen molar-refractivity contribution in [1.29, 1.82) is 0 Å². The Balaban J connectivity index is 2.32. The third kappa shape index (κ3) is 2.59. The highest BCUT2D eigenvalue weighted by Gasteiger charge is 2.56. The first kappa shape index (κ1) is 15.8. The van der Waals surface area contributed by atoms with E-state index in [-0.39, 0.29) is 22.7 Å². The van der Waals surface area contributed by atoms with Gasteiger partial charge in [-0.3, -0.25) is 0 Å². The molecule has 0 bridgehead atoms. The third-order valence-electron chi connectivity index (χ3n) is 6.02. The molecule has 1 N–H and O–H groups in total. The first-order valence-electron chi connectivity index (χ1n) is 8.03. The Morgan fingerprint density at radius 2 is 2.00 bits per heavy atom. The molecule has 2 nitrogen and oxygen atoms in total. The molecule has 0 aromatic heterocycles. The molecule has 2 aliphatic carbocycles. The van der Waals surface area contributed by atoms with Crippen LogP contribution in [0.25, 0.3) is 0 Å². The van der Waals surface area contributed by atoms with Gasteiger partial charge in [-0.05, 0) is 55.3 Å². The van der Waals surface area contributed by atoms with Gasteiger partial charge >= 0.3 is 0 Å². The summed E-state index contributed by atoms with van der Waals surface area (Å²) in [4.78, 5) is 11.4. The lowest BCUT2D eigenvalue weighted by molar-refractivity contribution is -0.125. The monoisotopic (exact) mass is 278 g/mol. The predicted molar refractivity (Wildman–Crippen MR) is 82.4 cm³/mol. The van der Waals surface area contributed by atoms with Gasteiger partial charge in [0.2, 0.25) is 0 Å². The van der Waals surface area contributed by atoms with E-state index in [0.29, 0.717) is 24.7 Å². The van der Waals surface area contributed by atoms with Crippen LogP contribution in [0, 0.1) is 22.7 Å². The van der Waals surface area contributed by atoms with Crippen LogP contribution in [0.1, 0.15) is 66.2 Å². The van der Waals surface area contributed by atoms with Gasteiger partial charge in [0.15, 0.2) is 0 Å². The van der Waals surface area contributed by atoms with E-state index in [1.165, 1.54) is 12.8 Å². The quantitative estimate of drug-likeness (QED) is 0.788. The Morgan fingerprint density at radius 1 is 1.35 bits per heavy atom. The minimum atomic E-state index is -0.267. The van der Waals surface area contributed by atoms with Crippen molar-refractivity contribution in [3.05, 3.63) is 12.2 Å². The molecule has 0 amide bonds. The molecule has 114 valence electrons. The highest BCUT2D eigenvalue weighted by atomic mass is 16.3. The van der Waals surface area contributed by atoms with Gasteiger partial charge in [-0.25, -0.2) is 0 Å². The molecule has 0 saturated heterocycles. The molecular weight excluding hydrogens is 248 g/mol. The average molecular weight is 278 g/mol. The molecule has 2 saturated carbocycles. The second-order valence-corrected chi connectivity index (χ2v) is 8.05. The molecule has 4 atom stereocenters. The van der Waals surface area contributed by atoms with Crippen LogP contribution in [0.4, 0.5) is 0 Å². The highest BCUT2D eigenvalue weighted by molar-refractivity contribution is 5.75. The molecule has 0 aliphatic heterocycles. The SMILES string of the molecule is C=C1C[C@H](O)[C@@H]2C(C)(C)CCC[C@]2(C)[C@H]1CCC(C)=O. The summed E-state index contributed by atoms with van der Waals surface area (Å²) in [6.07, 6.45) is 5.56. The van der Waals surface area contributed by atoms with Crippen LogP contribution < -0.4 is 0 Å². The number of ketones is 1. The van der Waals surface area contributed by atoms with E-state index >= 15 is 0 Å². The lowest BCUT2D eigenvalue weighted by atomic mass is 9.46. The van der Waals surface area contributed by atoms with Crippen molar-refractivity contribution < 1.29 is 9.90 Å². The molecule has 0 aromatic carbocycles. The number of hydrogen-bond donors (Lipinski definition) is 1. The minimum absolute atomic E-state index is 0.103. The number of aliphatic hydroxyl groups excluding tert-OH is 1. The van der Waals surface area contributed by atoms with E-state index in [2.05, 4.69) is 27.4 Å². The molecule has 2 fully saturated rings. The van der Waals surface area contributed by atoms with E-state index < -0.39 is 0 Å². The summed E-state index contributed by atoms with van der Waals surface area (Å²) >= 11 is 0. The number of Topliss-reactive ketones (excluding diaryl/α,β-unsaturated/α-hetero) is 1. The molecule has 0 aromatic rings. The molecular formula is C18H30O2. The van der Waals surface area contributed by atoms with Crippen LogP contribution in [0.3, 0.4) is 0 Å². The lowest BCUT2D eigenvalue weighted by Gasteiger charge is -2.59. The summed E-state index contributed by atoms with van der Waals surface area (Å²) in [6.45, 7) is 12.8. The van der Waals surface area contributed by atoms with Crippen LogP contribution >= 0.6 is 0 Å². The normalized spacial score (nSPS) is 40.2. The molecule has 0 radical (unpaired) electrons. The average Bonchev–Trinajstić information content (AvgIpc) is 2.25. The maximum atomic E-state index is 11.4. The van der Waals surface area contributed by atoms with Gasteiger partial charge in [-0.2, -0.15) is 0 Å². The third-order valence-corrected chi connectivity index (χ3v) is 6.02. The predicted octanol–water partition coefficient (Wildman–Crippen LogP) is 4.13. The van der Waals surface area contributed by atoms with Crippen molar-refractivity contribution in [2.45, 2.75) is 72.3 Å². The van der Waals surface area contributed by atoms with E-state index in [9.17, 15) is 9.90 Å². The summed E-state index contributed by atoms with van der Waals surface area (Å²) in [5.41, 5.74) is 1.45. The zero-order chi connectivity index (χ0) is 15.1. The van der Waals surface area contributed by atoms with Gasteiger partial charge in [0.25, 0.3) is 0 Å². The highest BCUT2D eigenvalue weighted by Crippen LogP contribution is 2.61. The molecule has 2 rings (SSSR count). The van der Waals surface area contributed by atoms with Crippen LogP contribution in [0.2, 0.25) is 0 Å². The van der Waals surface area contributed by atoms with Crippen LogP contribution in [0.5, 0.6) is 0 Å². The van der Waals surface area contributed by atoms with Crippen molar-refractivity contribution in [2.24, 2.45) is 22.7 Å². The summed E-state index contributed by atoms with van der Waals surface area (Å²) in [5.74, 6) is 0.977. The molecule has 0 unspecified atom stereocenters. The van der Waals surface area contributed by atoms with Gasteiger partial charge < -0.3 is 9.90 Å². The zero-order valence-corrected chi connectivity index (χ0v) is 13.5. The van der Waals surface area contributed by atoms with Crippen LogP contribution in [-0.4, -0.2) is 17.0 Å². The number of carbonyl (C=O) groups is 1. The number of rotatable bonds is 3. The summed E-state index contributed by atoms with van der Waals surface area (Å²) in [5, 5.41) is 10.6. The second kappa shape index (κ2) is 5.29. The van der Waals surface area contributed by atoms with E-state index in [1.807, 2.05) is 0 Å². The largest absolute Gasteiger partial charge is 0.392 e. The second-order valence-electron chi connectivity index (χ2n) is 8.05. The van der Waals surface area contributed by atoms with Gasteiger partial charge in [0, 0.05) is 6.42 Å². The van der Waals surface area contributed by atoms with Crippen molar-refractivity contribution in [3.8, 4) is 0 Å². The molecule has 0 heterocycles.